The number of piperidine rings is 1. The molecule has 0 atom stereocenters. The molecule has 0 spiro atoms. The summed E-state index contributed by atoms with van der Waals surface area (Å²) in [5.74, 6) is 0. The van der Waals surface area contributed by atoms with Gasteiger partial charge in [-0.25, -0.2) is 0 Å². The molecule has 1 saturated heterocycles. The summed E-state index contributed by atoms with van der Waals surface area (Å²) < 4.78 is 1.17. The third-order valence-corrected chi connectivity index (χ3v) is 4.35. The van der Waals surface area contributed by atoms with Gasteiger partial charge in [0.1, 0.15) is 0 Å². The predicted molar refractivity (Wildman–Crippen MR) is 76.1 cm³/mol. The van der Waals surface area contributed by atoms with Crippen molar-refractivity contribution in [2.45, 2.75) is 31.8 Å². The van der Waals surface area contributed by atoms with Crippen LogP contribution in [0.15, 0.2) is 28.7 Å². The molecule has 3 heteroatoms. The second-order valence-corrected chi connectivity index (χ2v) is 6.13. The lowest BCUT2D eigenvalue weighted by atomic mass is 9.90. The zero-order valence-electron chi connectivity index (χ0n) is 10.7. The monoisotopic (exact) mass is 296 g/mol. The Morgan fingerprint density at radius 1 is 1.35 bits per heavy atom. The van der Waals surface area contributed by atoms with Gasteiger partial charge in [0, 0.05) is 29.6 Å². The zero-order valence-corrected chi connectivity index (χ0v) is 12.3. The standard InChI is InChI=1S/C14H21BrN2/c1-14(16-2)6-8-17(9-7-14)11-12-4-3-5-13(15)10-12/h3-5,10,16H,6-9,11H2,1-2H3. The Bertz CT molecular complexity index is 370. The van der Waals surface area contributed by atoms with E-state index in [1.54, 1.807) is 0 Å². The first-order valence-corrected chi connectivity index (χ1v) is 7.06. The van der Waals surface area contributed by atoms with E-state index in [1.165, 1.54) is 36.0 Å². The number of nitrogens with zero attached hydrogens (tertiary/aromatic N) is 1. The Morgan fingerprint density at radius 3 is 2.65 bits per heavy atom. The van der Waals surface area contributed by atoms with E-state index in [0.29, 0.717) is 5.54 Å². The predicted octanol–water partition coefficient (Wildman–Crippen LogP) is 3.02. The molecule has 2 nitrogen and oxygen atoms in total. The van der Waals surface area contributed by atoms with Crippen molar-refractivity contribution < 1.29 is 0 Å². The highest BCUT2D eigenvalue weighted by Crippen LogP contribution is 2.23. The van der Waals surface area contributed by atoms with Crippen LogP contribution >= 0.6 is 15.9 Å². The van der Waals surface area contributed by atoms with Crippen molar-refractivity contribution in [2.75, 3.05) is 20.1 Å². The van der Waals surface area contributed by atoms with E-state index in [-0.39, 0.29) is 0 Å². The number of benzene rings is 1. The summed E-state index contributed by atoms with van der Waals surface area (Å²) in [6.45, 7) is 5.76. The SMILES string of the molecule is CNC1(C)CCN(Cc2cccc(Br)c2)CC1. The molecule has 0 aliphatic carbocycles. The van der Waals surface area contributed by atoms with Crippen molar-refractivity contribution in [3.8, 4) is 0 Å². The topological polar surface area (TPSA) is 15.3 Å². The maximum atomic E-state index is 3.53. The third kappa shape index (κ3) is 3.54. The van der Waals surface area contributed by atoms with Gasteiger partial charge in [0.25, 0.3) is 0 Å². The molecule has 0 unspecified atom stereocenters. The van der Waals surface area contributed by atoms with Crippen LogP contribution in [0.5, 0.6) is 0 Å². The van der Waals surface area contributed by atoms with Gasteiger partial charge in [0.05, 0.1) is 0 Å². The van der Waals surface area contributed by atoms with Crippen LogP contribution in [0, 0.1) is 0 Å². The summed E-state index contributed by atoms with van der Waals surface area (Å²) >= 11 is 3.53. The maximum Gasteiger partial charge on any atom is 0.0234 e. The Kier molecular flexibility index (Phi) is 4.23. The number of hydrogen-bond acceptors (Lipinski definition) is 2. The van der Waals surface area contributed by atoms with E-state index in [9.17, 15) is 0 Å². The highest BCUT2D eigenvalue weighted by molar-refractivity contribution is 9.10. The average Bonchev–Trinajstić information content (AvgIpc) is 2.33. The molecule has 1 heterocycles. The molecule has 0 radical (unpaired) electrons. The molecular weight excluding hydrogens is 276 g/mol. The van der Waals surface area contributed by atoms with Gasteiger partial charge in [-0.15, -0.1) is 0 Å². The van der Waals surface area contributed by atoms with Gasteiger partial charge >= 0.3 is 0 Å². The first-order valence-electron chi connectivity index (χ1n) is 6.27. The fourth-order valence-electron chi connectivity index (χ4n) is 2.35. The minimum atomic E-state index is 0.341. The number of likely N-dealkylation sites (tertiary alicyclic amines) is 1. The van der Waals surface area contributed by atoms with Crippen LogP contribution < -0.4 is 5.32 Å². The normalized spacial score (nSPS) is 20.4. The molecule has 1 aromatic carbocycles. The number of nitrogens with one attached hydrogen (secondary N) is 1. The van der Waals surface area contributed by atoms with Crippen molar-refractivity contribution >= 4 is 15.9 Å². The summed E-state index contributed by atoms with van der Waals surface area (Å²) in [6.07, 6.45) is 2.47. The summed E-state index contributed by atoms with van der Waals surface area (Å²) in [5.41, 5.74) is 1.74. The van der Waals surface area contributed by atoms with Gasteiger partial charge in [-0.2, -0.15) is 0 Å². The highest BCUT2D eigenvalue weighted by Gasteiger charge is 2.27. The molecule has 1 aliphatic rings. The Balaban J connectivity index is 1.90. The third-order valence-electron chi connectivity index (χ3n) is 3.86. The molecule has 1 N–H and O–H groups in total. The average molecular weight is 297 g/mol. The molecular formula is C14H21BrN2. The Hall–Kier alpha value is -0.380. The lowest BCUT2D eigenvalue weighted by Gasteiger charge is -2.39. The van der Waals surface area contributed by atoms with Gasteiger partial charge in [0.15, 0.2) is 0 Å². The van der Waals surface area contributed by atoms with Crippen LogP contribution in [-0.4, -0.2) is 30.6 Å². The van der Waals surface area contributed by atoms with Crippen LogP contribution in [0.1, 0.15) is 25.3 Å². The molecule has 2 rings (SSSR count). The molecule has 17 heavy (non-hydrogen) atoms. The van der Waals surface area contributed by atoms with E-state index in [2.05, 4.69) is 64.4 Å². The summed E-state index contributed by atoms with van der Waals surface area (Å²) in [7, 11) is 2.07. The van der Waals surface area contributed by atoms with Gasteiger partial charge in [-0.1, -0.05) is 28.1 Å². The van der Waals surface area contributed by atoms with Gasteiger partial charge in [0.2, 0.25) is 0 Å². The Morgan fingerprint density at radius 2 is 2.06 bits per heavy atom. The molecule has 0 amide bonds. The summed E-state index contributed by atoms with van der Waals surface area (Å²) in [6, 6.07) is 8.61. The molecule has 1 aromatic rings. The maximum absolute atomic E-state index is 3.53. The van der Waals surface area contributed by atoms with Crippen LogP contribution in [-0.2, 0) is 6.54 Å². The largest absolute Gasteiger partial charge is 0.314 e. The second-order valence-electron chi connectivity index (χ2n) is 5.22. The van der Waals surface area contributed by atoms with Crippen LogP contribution in [0.3, 0.4) is 0 Å². The first-order chi connectivity index (χ1) is 8.11. The number of halogens is 1. The van der Waals surface area contributed by atoms with E-state index < -0.39 is 0 Å². The van der Waals surface area contributed by atoms with Crippen LogP contribution in [0.25, 0.3) is 0 Å². The fraction of sp³-hybridized carbons (Fsp3) is 0.571. The summed E-state index contributed by atoms with van der Waals surface area (Å²) in [5, 5.41) is 3.44. The molecule has 1 aliphatic heterocycles. The minimum Gasteiger partial charge on any atom is -0.314 e. The zero-order chi connectivity index (χ0) is 12.3. The van der Waals surface area contributed by atoms with E-state index >= 15 is 0 Å². The molecule has 0 bridgehead atoms. The van der Waals surface area contributed by atoms with Gasteiger partial charge in [-0.05, 0) is 44.5 Å². The fourth-order valence-corrected chi connectivity index (χ4v) is 2.79. The van der Waals surface area contributed by atoms with Crippen molar-refractivity contribution in [3.63, 3.8) is 0 Å². The quantitative estimate of drug-likeness (QED) is 0.922. The van der Waals surface area contributed by atoms with Crippen molar-refractivity contribution in [1.29, 1.82) is 0 Å². The van der Waals surface area contributed by atoms with Crippen molar-refractivity contribution in [2.24, 2.45) is 0 Å². The second kappa shape index (κ2) is 5.51. The Labute approximate surface area is 113 Å². The molecule has 94 valence electrons. The van der Waals surface area contributed by atoms with Crippen LogP contribution in [0.2, 0.25) is 0 Å². The van der Waals surface area contributed by atoms with Gasteiger partial charge < -0.3 is 5.32 Å². The summed E-state index contributed by atoms with van der Waals surface area (Å²) in [4.78, 5) is 2.54. The molecule has 0 aromatic heterocycles. The van der Waals surface area contributed by atoms with Crippen molar-refractivity contribution in [1.82, 2.24) is 10.2 Å². The van der Waals surface area contributed by atoms with E-state index in [0.717, 1.165) is 6.54 Å². The minimum absolute atomic E-state index is 0.341. The van der Waals surface area contributed by atoms with E-state index in [1.807, 2.05) is 0 Å². The van der Waals surface area contributed by atoms with E-state index in [4.69, 9.17) is 0 Å². The lowest BCUT2D eigenvalue weighted by molar-refractivity contribution is 0.146. The van der Waals surface area contributed by atoms with Crippen LogP contribution in [0.4, 0.5) is 0 Å². The number of hydrogen-bond donors (Lipinski definition) is 1. The van der Waals surface area contributed by atoms with Gasteiger partial charge in [-0.3, -0.25) is 4.90 Å². The lowest BCUT2D eigenvalue weighted by Crippen LogP contribution is -2.49. The first kappa shape index (κ1) is 13.1. The van der Waals surface area contributed by atoms with Crippen molar-refractivity contribution in [3.05, 3.63) is 34.3 Å². The smallest absolute Gasteiger partial charge is 0.0234 e. The molecule has 0 saturated carbocycles. The molecule has 1 fully saturated rings. The number of rotatable bonds is 3. The highest BCUT2D eigenvalue weighted by atomic mass is 79.9.